The molecule has 1 aliphatic rings. The van der Waals surface area contributed by atoms with E-state index in [0.29, 0.717) is 12.1 Å². The molecule has 1 aliphatic carbocycles. The highest BCUT2D eigenvalue weighted by Gasteiger charge is 2.26. The van der Waals surface area contributed by atoms with Crippen molar-refractivity contribution >= 4 is 6.09 Å². The number of carbonyl (C=O) groups excluding carboxylic acids is 1. The molecule has 124 valence electrons. The van der Waals surface area contributed by atoms with Crippen LogP contribution in [0.5, 0.6) is 0 Å². The molecule has 1 rings (SSSR count). The van der Waals surface area contributed by atoms with Crippen LogP contribution in [0, 0.1) is 0 Å². The quantitative estimate of drug-likeness (QED) is 0.779. The van der Waals surface area contributed by atoms with Crippen molar-refractivity contribution in [1.82, 2.24) is 10.6 Å². The average molecular weight is 298 g/mol. The van der Waals surface area contributed by atoms with Gasteiger partial charge in [-0.3, -0.25) is 0 Å². The molecule has 1 saturated carbocycles. The molecule has 0 bridgehead atoms. The van der Waals surface area contributed by atoms with Gasteiger partial charge in [-0.2, -0.15) is 0 Å². The first-order valence-electron chi connectivity index (χ1n) is 8.59. The zero-order valence-electron chi connectivity index (χ0n) is 14.5. The SMILES string of the molecule is CCCC(CC)NC1CCCC(NC(=O)OC(C)(C)C)C1. The first kappa shape index (κ1) is 18.3. The Bertz CT molecular complexity index is 312. The summed E-state index contributed by atoms with van der Waals surface area (Å²) in [5.74, 6) is 0. The van der Waals surface area contributed by atoms with Crippen LogP contribution in [0.2, 0.25) is 0 Å². The molecule has 2 N–H and O–H groups in total. The van der Waals surface area contributed by atoms with Crippen molar-refractivity contribution in [3.63, 3.8) is 0 Å². The van der Waals surface area contributed by atoms with E-state index in [0.717, 1.165) is 12.8 Å². The number of rotatable bonds is 6. The van der Waals surface area contributed by atoms with E-state index in [2.05, 4.69) is 24.5 Å². The number of nitrogens with one attached hydrogen (secondary N) is 2. The zero-order chi connectivity index (χ0) is 15.9. The second-order valence-electron chi connectivity index (χ2n) is 7.27. The minimum Gasteiger partial charge on any atom is -0.444 e. The van der Waals surface area contributed by atoms with Crippen LogP contribution in [0.15, 0.2) is 0 Å². The van der Waals surface area contributed by atoms with Crippen molar-refractivity contribution in [2.45, 2.75) is 103 Å². The summed E-state index contributed by atoms with van der Waals surface area (Å²) in [6.45, 7) is 10.2. The van der Waals surface area contributed by atoms with Crippen molar-refractivity contribution in [3.8, 4) is 0 Å². The Morgan fingerprint density at radius 1 is 1.24 bits per heavy atom. The summed E-state index contributed by atoms with van der Waals surface area (Å²) >= 11 is 0. The van der Waals surface area contributed by atoms with Crippen LogP contribution in [-0.2, 0) is 4.74 Å². The molecule has 0 aromatic rings. The Labute approximate surface area is 130 Å². The van der Waals surface area contributed by atoms with Crippen molar-refractivity contribution in [3.05, 3.63) is 0 Å². The highest BCUT2D eigenvalue weighted by atomic mass is 16.6. The van der Waals surface area contributed by atoms with Gasteiger partial charge in [0.25, 0.3) is 0 Å². The van der Waals surface area contributed by atoms with Crippen molar-refractivity contribution in [1.29, 1.82) is 0 Å². The standard InChI is InChI=1S/C17H34N2O2/c1-6-9-13(7-2)18-14-10-8-11-15(12-14)19-16(20)21-17(3,4)5/h13-15,18H,6-12H2,1-5H3,(H,19,20). The first-order chi connectivity index (χ1) is 9.84. The van der Waals surface area contributed by atoms with Crippen LogP contribution >= 0.6 is 0 Å². The topological polar surface area (TPSA) is 50.4 Å². The third kappa shape index (κ3) is 7.70. The molecule has 0 spiro atoms. The van der Waals surface area contributed by atoms with Crippen LogP contribution in [0.3, 0.4) is 0 Å². The van der Waals surface area contributed by atoms with E-state index in [1.54, 1.807) is 0 Å². The normalized spacial score (nSPS) is 24.4. The summed E-state index contributed by atoms with van der Waals surface area (Å²) in [4.78, 5) is 11.9. The highest BCUT2D eigenvalue weighted by molar-refractivity contribution is 5.68. The molecule has 21 heavy (non-hydrogen) atoms. The van der Waals surface area contributed by atoms with E-state index in [4.69, 9.17) is 4.74 Å². The third-order valence-electron chi connectivity index (χ3n) is 4.00. The van der Waals surface area contributed by atoms with E-state index in [9.17, 15) is 4.79 Å². The monoisotopic (exact) mass is 298 g/mol. The predicted molar refractivity (Wildman–Crippen MR) is 87.5 cm³/mol. The lowest BCUT2D eigenvalue weighted by Gasteiger charge is -2.33. The fourth-order valence-electron chi connectivity index (χ4n) is 3.03. The number of carbonyl (C=O) groups is 1. The fraction of sp³-hybridized carbons (Fsp3) is 0.941. The zero-order valence-corrected chi connectivity index (χ0v) is 14.5. The van der Waals surface area contributed by atoms with Gasteiger partial charge in [-0.15, -0.1) is 0 Å². The van der Waals surface area contributed by atoms with Gasteiger partial charge < -0.3 is 15.4 Å². The van der Waals surface area contributed by atoms with Gasteiger partial charge in [-0.05, 0) is 59.3 Å². The van der Waals surface area contributed by atoms with E-state index in [-0.39, 0.29) is 12.1 Å². The summed E-state index contributed by atoms with van der Waals surface area (Å²) in [7, 11) is 0. The lowest BCUT2D eigenvalue weighted by Crippen LogP contribution is -2.47. The molecule has 3 atom stereocenters. The Morgan fingerprint density at radius 3 is 2.48 bits per heavy atom. The fourth-order valence-corrected chi connectivity index (χ4v) is 3.03. The van der Waals surface area contributed by atoms with Crippen molar-refractivity contribution in [2.24, 2.45) is 0 Å². The lowest BCUT2D eigenvalue weighted by molar-refractivity contribution is 0.0488. The summed E-state index contributed by atoms with van der Waals surface area (Å²) < 4.78 is 5.35. The molecule has 0 radical (unpaired) electrons. The molecule has 0 heterocycles. The van der Waals surface area contributed by atoms with Gasteiger partial charge in [0.1, 0.15) is 5.60 Å². The molecule has 4 nitrogen and oxygen atoms in total. The van der Waals surface area contributed by atoms with Gasteiger partial charge in [-0.1, -0.05) is 20.3 Å². The largest absolute Gasteiger partial charge is 0.444 e. The predicted octanol–water partition coefficient (Wildman–Crippen LogP) is 3.99. The van der Waals surface area contributed by atoms with Crippen molar-refractivity contribution in [2.75, 3.05) is 0 Å². The number of alkyl carbamates (subject to hydrolysis) is 1. The molecule has 0 aromatic heterocycles. The van der Waals surface area contributed by atoms with Gasteiger partial charge in [0.05, 0.1) is 0 Å². The molecular formula is C17H34N2O2. The maximum absolute atomic E-state index is 11.9. The maximum Gasteiger partial charge on any atom is 0.407 e. The van der Waals surface area contributed by atoms with Crippen LogP contribution in [0.1, 0.15) is 79.6 Å². The highest BCUT2D eigenvalue weighted by Crippen LogP contribution is 2.20. The van der Waals surface area contributed by atoms with Gasteiger partial charge in [-0.25, -0.2) is 4.79 Å². The Kier molecular flexibility index (Phi) is 7.50. The summed E-state index contributed by atoms with van der Waals surface area (Å²) in [6, 6.07) is 1.38. The minimum absolute atomic E-state index is 0.241. The van der Waals surface area contributed by atoms with Crippen LogP contribution < -0.4 is 10.6 Å². The first-order valence-corrected chi connectivity index (χ1v) is 8.59. The Balaban J connectivity index is 2.39. The van der Waals surface area contributed by atoms with Gasteiger partial charge in [0.2, 0.25) is 0 Å². The molecule has 0 saturated heterocycles. The average Bonchev–Trinajstić information content (AvgIpc) is 2.36. The number of hydrogen-bond donors (Lipinski definition) is 2. The molecule has 0 aromatic carbocycles. The molecular weight excluding hydrogens is 264 g/mol. The van der Waals surface area contributed by atoms with Crippen LogP contribution in [0.4, 0.5) is 4.79 Å². The second kappa shape index (κ2) is 8.62. The van der Waals surface area contributed by atoms with Crippen LogP contribution in [-0.4, -0.2) is 29.8 Å². The van der Waals surface area contributed by atoms with Gasteiger partial charge in [0.15, 0.2) is 0 Å². The molecule has 3 unspecified atom stereocenters. The Morgan fingerprint density at radius 2 is 1.90 bits per heavy atom. The lowest BCUT2D eigenvalue weighted by atomic mass is 9.90. The Hall–Kier alpha value is -0.770. The van der Waals surface area contributed by atoms with Gasteiger partial charge >= 0.3 is 6.09 Å². The van der Waals surface area contributed by atoms with E-state index in [1.807, 2.05) is 20.8 Å². The number of ether oxygens (including phenoxy) is 1. The molecule has 4 heteroatoms. The molecule has 1 amide bonds. The van der Waals surface area contributed by atoms with E-state index < -0.39 is 5.60 Å². The number of amides is 1. The van der Waals surface area contributed by atoms with Crippen LogP contribution in [0.25, 0.3) is 0 Å². The van der Waals surface area contributed by atoms with E-state index in [1.165, 1.54) is 32.1 Å². The summed E-state index contributed by atoms with van der Waals surface area (Å²) in [5, 5.41) is 6.79. The summed E-state index contributed by atoms with van der Waals surface area (Å²) in [6.07, 6.45) is 7.80. The molecule has 1 fully saturated rings. The minimum atomic E-state index is -0.426. The second-order valence-corrected chi connectivity index (χ2v) is 7.27. The smallest absolute Gasteiger partial charge is 0.407 e. The maximum atomic E-state index is 11.9. The van der Waals surface area contributed by atoms with Crippen molar-refractivity contribution < 1.29 is 9.53 Å². The summed E-state index contributed by atoms with van der Waals surface area (Å²) in [5.41, 5.74) is -0.426. The van der Waals surface area contributed by atoms with E-state index >= 15 is 0 Å². The number of hydrogen-bond acceptors (Lipinski definition) is 3. The third-order valence-corrected chi connectivity index (χ3v) is 4.00. The molecule has 0 aliphatic heterocycles. The van der Waals surface area contributed by atoms with Gasteiger partial charge in [0, 0.05) is 18.1 Å².